The van der Waals surface area contributed by atoms with Crippen molar-refractivity contribution in [2.45, 2.75) is 13.3 Å². The maximum absolute atomic E-state index is 11.8. The number of hydrogen-bond donors (Lipinski definition) is 2. The van der Waals surface area contributed by atoms with Crippen molar-refractivity contribution in [3.05, 3.63) is 44.2 Å². The van der Waals surface area contributed by atoms with Crippen molar-refractivity contribution in [3.8, 4) is 0 Å². The maximum atomic E-state index is 11.8. The Labute approximate surface area is 137 Å². The third kappa shape index (κ3) is 5.19. The monoisotopic (exact) mass is 343 g/mol. The van der Waals surface area contributed by atoms with Gasteiger partial charge in [-0.25, -0.2) is 4.98 Å². The highest BCUT2D eigenvalue weighted by Crippen LogP contribution is 2.22. The van der Waals surface area contributed by atoms with Gasteiger partial charge in [0.15, 0.2) is 0 Å². The molecule has 2 heterocycles. The van der Waals surface area contributed by atoms with Gasteiger partial charge in [0.05, 0.1) is 16.5 Å². The van der Waals surface area contributed by atoms with Crippen LogP contribution in [-0.4, -0.2) is 24.0 Å². The molecule has 0 bridgehead atoms. The molecule has 21 heavy (non-hydrogen) atoms. The van der Waals surface area contributed by atoms with Crippen molar-refractivity contribution in [1.29, 1.82) is 0 Å². The quantitative estimate of drug-likeness (QED) is 0.789. The molecular weight excluding hydrogens is 329 g/mol. The summed E-state index contributed by atoms with van der Waals surface area (Å²) in [6, 6.07) is 5.62. The lowest BCUT2D eigenvalue weighted by molar-refractivity contribution is -0.120. The van der Waals surface area contributed by atoms with E-state index in [0.29, 0.717) is 35.4 Å². The first-order valence-corrected chi connectivity index (χ1v) is 7.99. The Morgan fingerprint density at radius 3 is 2.81 bits per heavy atom. The summed E-state index contributed by atoms with van der Waals surface area (Å²) in [5.41, 5.74) is 0. The molecule has 2 aromatic heterocycles. The third-order valence-electron chi connectivity index (χ3n) is 2.68. The SMILES string of the molecule is Cc1ccc(CC(=O)NCCNc2ncc(Cl)cc2Cl)s1. The highest BCUT2D eigenvalue weighted by molar-refractivity contribution is 7.12. The molecule has 2 aromatic rings. The van der Waals surface area contributed by atoms with E-state index in [1.807, 2.05) is 19.1 Å². The zero-order valence-corrected chi connectivity index (χ0v) is 13.8. The van der Waals surface area contributed by atoms with E-state index in [1.54, 1.807) is 17.4 Å². The van der Waals surface area contributed by atoms with Crippen LogP contribution < -0.4 is 10.6 Å². The van der Waals surface area contributed by atoms with Gasteiger partial charge >= 0.3 is 0 Å². The molecule has 0 aliphatic heterocycles. The Bertz CT molecular complexity index is 630. The van der Waals surface area contributed by atoms with E-state index in [-0.39, 0.29) is 5.91 Å². The average molecular weight is 344 g/mol. The summed E-state index contributed by atoms with van der Waals surface area (Å²) >= 11 is 13.4. The van der Waals surface area contributed by atoms with Gasteiger partial charge in [-0.3, -0.25) is 4.79 Å². The standard InChI is InChI=1S/C14H15Cl2N3OS/c1-9-2-3-11(21-9)7-13(20)17-4-5-18-14-12(16)6-10(15)8-19-14/h2-3,6,8H,4-5,7H2,1H3,(H,17,20)(H,18,19). The number of nitrogens with one attached hydrogen (secondary N) is 2. The molecule has 0 radical (unpaired) electrons. The lowest BCUT2D eigenvalue weighted by Crippen LogP contribution is -2.29. The summed E-state index contributed by atoms with van der Waals surface area (Å²) in [5.74, 6) is 0.568. The molecular formula is C14H15Cl2N3OS. The van der Waals surface area contributed by atoms with E-state index in [4.69, 9.17) is 23.2 Å². The molecule has 4 nitrogen and oxygen atoms in total. The minimum atomic E-state index is 0.00816. The van der Waals surface area contributed by atoms with Gasteiger partial charge in [-0.2, -0.15) is 0 Å². The maximum Gasteiger partial charge on any atom is 0.225 e. The highest BCUT2D eigenvalue weighted by Gasteiger charge is 2.05. The molecule has 0 saturated carbocycles. The van der Waals surface area contributed by atoms with Gasteiger partial charge in [0.2, 0.25) is 5.91 Å². The van der Waals surface area contributed by atoms with Crippen LogP contribution in [0, 0.1) is 6.92 Å². The number of rotatable bonds is 6. The predicted octanol–water partition coefficient (Wildman–Crippen LogP) is 3.53. The summed E-state index contributed by atoms with van der Waals surface area (Å²) < 4.78 is 0. The Morgan fingerprint density at radius 2 is 2.14 bits per heavy atom. The van der Waals surface area contributed by atoms with Crippen molar-refractivity contribution in [1.82, 2.24) is 10.3 Å². The summed E-state index contributed by atoms with van der Waals surface area (Å²) in [7, 11) is 0. The van der Waals surface area contributed by atoms with Crippen molar-refractivity contribution in [2.75, 3.05) is 18.4 Å². The lowest BCUT2D eigenvalue weighted by Gasteiger charge is -2.08. The summed E-state index contributed by atoms with van der Waals surface area (Å²) in [5, 5.41) is 6.85. The topological polar surface area (TPSA) is 54.0 Å². The van der Waals surface area contributed by atoms with Crippen LogP contribution in [0.4, 0.5) is 5.82 Å². The minimum Gasteiger partial charge on any atom is -0.367 e. The number of aryl methyl sites for hydroxylation is 1. The second-order valence-electron chi connectivity index (χ2n) is 4.45. The van der Waals surface area contributed by atoms with Crippen molar-refractivity contribution < 1.29 is 4.79 Å². The van der Waals surface area contributed by atoms with Gasteiger partial charge in [0, 0.05) is 29.0 Å². The highest BCUT2D eigenvalue weighted by atomic mass is 35.5. The van der Waals surface area contributed by atoms with E-state index in [1.165, 1.54) is 11.1 Å². The van der Waals surface area contributed by atoms with Gasteiger partial charge in [-0.05, 0) is 25.1 Å². The fourth-order valence-corrected chi connectivity index (χ4v) is 3.06. The molecule has 0 spiro atoms. The minimum absolute atomic E-state index is 0.00816. The summed E-state index contributed by atoms with van der Waals surface area (Å²) in [6.45, 7) is 3.08. The first-order chi connectivity index (χ1) is 10.0. The van der Waals surface area contributed by atoms with Gasteiger partial charge < -0.3 is 10.6 Å². The number of pyridine rings is 1. The van der Waals surface area contributed by atoms with Crippen molar-refractivity contribution >= 4 is 46.3 Å². The first-order valence-electron chi connectivity index (χ1n) is 6.41. The molecule has 0 fully saturated rings. The summed E-state index contributed by atoms with van der Waals surface area (Å²) in [4.78, 5) is 18.1. The van der Waals surface area contributed by atoms with E-state index in [9.17, 15) is 4.79 Å². The molecule has 0 atom stereocenters. The molecule has 1 amide bonds. The van der Waals surface area contributed by atoms with E-state index >= 15 is 0 Å². The van der Waals surface area contributed by atoms with Crippen molar-refractivity contribution in [2.24, 2.45) is 0 Å². The number of amides is 1. The summed E-state index contributed by atoms with van der Waals surface area (Å²) in [6.07, 6.45) is 1.94. The molecule has 0 saturated heterocycles. The fourth-order valence-electron chi connectivity index (χ4n) is 1.73. The van der Waals surface area contributed by atoms with Crippen LogP contribution in [0.5, 0.6) is 0 Å². The van der Waals surface area contributed by atoms with Gasteiger partial charge in [0.25, 0.3) is 0 Å². The number of halogens is 2. The van der Waals surface area contributed by atoms with Gasteiger partial charge in [-0.15, -0.1) is 11.3 Å². The van der Waals surface area contributed by atoms with Crippen LogP contribution in [0.1, 0.15) is 9.75 Å². The fraction of sp³-hybridized carbons (Fsp3) is 0.286. The van der Waals surface area contributed by atoms with Crippen LogP contribution >= 0.6 is 34.5 Å². The molecule has 0 aliphatic rings. The second kappa shape index (κ2) is 7.64. The molecule has 0 aromatic carbocycles. The molecule has 2 rings (SSSR count). The zero-order valence-electron chi connectivity index (χ0n) is 11.5. The smallest absolute Gasteiger partial charge is 0.225 e. The van der Waals surface area contributed by atoms with Crippen LogP contribution in [0.25, 0.3) is 0 Å². The molecule has 2 N–H and O–H groups in total. The Hall–Kier alpha value is -1.30. The van der Waals surface area contributed by atoms with Crippen LogP contribution in [0.3, 0.4) is 0 Å². The zero-order chi connectivity index (χ0) is 15.2. The Balaban J connectivity index is 1.70. The molecule has 7 heteroatoms. The normalized spacial score (nSPS) is 10.4. The number of nitrogens with zero attached hydrogens (tertiary/aromatic N) is 1. The number of carbonyl (C=O) groups excluding carboxylic acids is 1. The van der Waals surface area contributed by atoms with Crippen LogP contribution in [-0.2, 0) is 11.2 Å². The van der Waals surface area contributed by atoms with Crippen LogP contribution in [0.15, 0.2) is 24.4 Å². The Morgan fingerprint density at radius 1 is 1.33 bits per heavy atom. The van der Waals surface area contributed by atoms with Gasteiger partial charge in [-0.1, -0.05) is 23.2 Å². The third-order valence-corrected chi connectivity index (χ3v) is 4.17. The lowest BCUT2D eigenvalue weighted by atomic mass is 10.3. The second-order valence-corrected chi connectivity index (χ2v) is 6.67. The molecule has 0 unspecified atom stereocenters. The Kier molecular flexibility index (Phi) is 5.85. The van der Waals surface area contributed by atoms with E-state index in [0.717, 1.165) is 4.88 Å². The largest absolute Gasteiger partial charge is 0.367 e. The van der Waals surface area contributed by atoms with E-state index in [2.05, 4.69) is 15.6 Å². The average Bonchev–Trinajstić information content (AvgIpc) is 2.82. The number of aromatic nitrogens is 1. The van der Waals surface area contributed by atoms with Gasteiger partial charge in [0.1, 0.15) is 5.82 Å². The molecule has 112 valence electrons. The number of thiophene rings is 1. The number of carbonyl (C=O) groups is 1. The molecule has 0 aliphatic carbocycles. The predicted molar refractivity (Wildman–Crippen MR) is 88.5 cm³/mol. The van der Waals surface area contributed by atoms with Crippen LogP contribution in [0.2, 0.25) is 10.0 Å². The van der Waals surface area contributed by atoms with E-state index < -0.39 is 0 Å². The van der Waals surface area contributed by atoms with Crippen molar-refractivity contribution in [3.63, 3.8) is 0 Å². The number of hydrogen-bond acceptors (Lipinski definition) is 4. The number of anilines is 1. The first kappa shape index (κ1) is 16.1.